The minimum Gasteiger partial charge on any atom is -0.382 e. The van der Waals surface area contributed by atoms with Crippen LogP contribution in [0, 0.1) is 5.41 Å². The molecule has 0 aliphatic heterocycles. The Morgan fingerprint density at radius 3 is 2.38 bits per heavy atom. The van der Waals surface area contributed by atoms with E-state index in [1.54, 1.807) is 7.11 Å². The molecule has 0 saturated heterocycles. The van der Waals surface area contributed by atoms with Crippen LogP contribution in [0.2, 0.25) is 0 Å². The highest BCUT2D eigenvalue weighted by atomic mass is 35.5. The summed E-state index contributed by atoms with van der Waals surface area (Å²) in [5.41, 5.74) is 0.0200. The summed E-state index contributed by atoms with van der Waals surface area (Å²) < 4.78 is 15.2. The van der Waals surface area contributed by atoms with Gasteiger partial charge in [-0.05, 0) is 0 Å². The predicted molar refractivity (Wildman–Crippen MR) is 53.1 cm³/mol. The van der Waals surface area contributed by atoms with Gasteiger partial charge in [-0.25, -0.2) is 0 Å². The maximum Gasteiger partial charge on any atom is 0.146 e. The predicted octanol–water partition coefficient (Wildman–Crippen LogP) is 1.89. The lowest BCUT2D eigenvalue weighted by Gasteiger charge is -2.20. The van der Waals surface area contributed by atoms with Crippen molar-refractivity contribution in [1.82, 2.24) is 0 Å². The molecule has 0 aromatic carbocycles. The second kappa shape index (κ2) is 7.56. The molecule has 0 atom stereocenters. The lowest BCUT2D eigenvalue weighted by Crippen LogP contribution is -2.22. The van der Waals surface area contributed by atoms with Gasteiger partial charge in [-0.1, -0.05) is 13.8 Å². The van der Waals surface area contributed by atoms with Crippen molar-refractivity contribution in [1.29, 1.82) is 0 Å². The summed E-state index contributed by atoms with van der Waals surface area (Å²) >= 11 is 5.71. The molecule has 0 amide bonds. The fourth-order valence-corrected chi connectivity index (χ4v) is 0.694. The van der Waals surface area contributed by atoms with Crippen LogP contribution >= 0.6 is 11.6 Å². The third-order valence-electron chi connectivity index (χ3n) is 1.45. The third-order valence-corrected chi connectivity index (χ3v) is 2.18. The maximum atomic E-state index is 5.71. The molecule has 0 saturated carbocycles. The van der Waals surface area contributed by atoms with Crippen molar-refractivity contribution >= 4 is 11.6 Å². The summed E-state index contributed by atoms with van der Waals surface area (Å²) in [4.78, 5) is 0. The van der Waals surface area contributed by atoms with E-state index < -0.39 is 0 Å². The first-order valence-electron chi connectivity index (χ1n) is 4.33. The zero-order valence-corrected chi connectivity index (χ0v) is 9.39. The summed E-state index contributed by atoms with van der Waals surface area (Å²) in [5, 5.41) is 0. The van der Waals surface area contributed by atoms with E-state index in [1.807, 2.05) is 0 Å². The minimum atomic E-state index is 0.0200. The van der Waals surface area contributed by atoms with Crippen LogP contribution in [0.25, 0.3) is 0 Å². The van der Waals surface area contributed by atoms with Gasteiger partial charge >= 0.3 is 0 Å². The van der Waals surface area contributed by atoms with E-state index >= 15 is 0 Å². The largest absolute Gasteiger partial charge is 0.382 e. The van der Waals surface area contributed by atoms with Gasteiger partial charge in [0.2, 0.25) is 0 Å². The van der Waals surface area contributed by atoms with Crippen molar-refractivity contribution < 1.29 is 14.2 Å². The Labute approximate surface area is 85.3 Å². The number of alkyl halides is 1. The normalized spacial score (nSPS) is 12.0. The van der Waals surface area contributed by atoms with Crippen molar-refractivity contribution in [3.63, 3.8) is 0 Å². The lowest BCUT2D eigenvalue weighted by atomic mass is 9.98. The van der Waals surface area contributed by atoms with E-state index in [2.05, 4.69) is 13.8 Å². The third kappa shape index (κ3) is 8.50. The van der Waals surface area contributed by atoms with Crippen LogP contribution in [0.5, 0.6) is 0 Å². The SMILES string of the molecule is COCCOCOCC(C)(C)CCl. The van der Waals surface area contributed by atoms with Gasteiger partial charge in [-0.2, -0.15) is 0 Å². The van der Waals surface area contributed by atoms with Gasteiger partial charge in [0.05, 0.1) is 19.8 Å². The zero-order valence-electron chi connectivity index (χ0n) is 8.64. The molecule has 0 bridgehead atoms. The Morgan fingerprint density at radius 2 is 1.85 bits per heavy atom. The van der Waals surface area contributed by atoms with Crippen molar-refractivity contribution in [3.8, 4) is 0 Å². The Morgan fingerprint density at radius 1 is 1.15 bits per heavy atom. The Kier molecular flexibility index (Phi) is 7.66. The average Bonchev–Trinajstić information content (AvgIpc) is 2.11. The quantitative estimate of drug-likeness (QED) is 0.348. The van der Waals surface area contributed by atoms with Gasteiger partial charge in [-0.15, -0.1) is 11.6 Å². The highest BCUT2D eigenvalue weighted by molar-refractivity contribution is 6.18. The Balaban J connectivity index is 3.16. The smallest absolute Gasteiger partial charge is 0.146 e. The molecule has 0 aromatic heterocycles. The van der Waals surface area contributed by atoms with Crippen LogP contribution in [-0.2, 0) is 14.2 Å². The molecule has 13 heavy (non-hydrogen) atoms. The van der Waals surface area contributed by atoms with Crippen LogP contribution in [-0.4, -0.2) is 39.6 Å². The molecule has 0 fully saturated rings. The second-order valence-electron chi connectivity index (χ2n) is 3.67. The van der Waals surface area contributed by atoms with Crippen LogP contribution in [0.1, 0.15) is 13.8 Å². The number of ether oxygens (including phenoxy) is 3. The highest BCUT2D eigenvalue weighted by Crippen LogP contribution is 2.16. The number of halogens is 1. The van der Waals surface area contributed by atoms with Crippen LogP contribution in [0.4, 0.5) is 0 Å². The zero-order chi connectivity index (χ0) is 10.2. The fraction of sp³-hybridized carbons (Fsp3) is 1.00. The number of rotatable bonds is 8. The van der Waals surface area contributed by atoms with Gasteiger partial charge in [-0.3, -0.25) is 0 Å². The summed E-state index contributed by atoms with van der Waals surface area (Å²) in [6.07, 6.45) is 0. The van der Waals surface area contributed by atoms with E-state index in [-0.39, 0.29) is 5.41 Å². The molecular formula is C9H19ClO3. The van der Waals surface area contributed by atoms with Gasteiger partial charge in [0.15, 0.2) is 0 Å². The van der Waals surface area contributed by atoms with E-state index in [9.17, 15) is 0 Å². The average molecular weight is 211 g/mol. The molecule has 0 heterocycles. The molecule has 80 valence electrons. The molecule has 0 N–H and O–H groups in total. The highest BCUT2D eigenvalue weighted by Gasteiger charge is 2.15. The second-order valence-corrected chi connectivity index (χ2v) is 3.93. The number of hydrogen-bond donors (Lipinski definition) is 0. The van der Waals surface area contributed by atoms with Crippen molar-refractivity contribution in [2.24, 2.45) is 5.41 Å². The standard InChI is InChI=1S/C9H19ClO3/c1-9(2,6-10)7-13-8-12-5-4-11-3/h4-8H2,1-3H3. The number of methoxy groups -OCH3 is 1. The Bertz CT molecular complexity index is 117. The van der Waals surface area contributed by atoms with Gasteiger partial charge < -0.3 is 14.2 Å². The van der Waals surface area contributed by atoms with Crippen LogP contribution in [0.15, 0.2) is 0 Å². The first-order valence-corrected chi connectivity index (χ1v) is 4.86. The maximum absolute atomic E-state index is 5.71. The topological polar surface area (TPSA) is 27.7 Å². The van der Waals surface area contributed by atoms with E-state index in [4.69, 9.17) is 25.8 Å². The fourth-order valence-electron chi connectivity index (χ4n) is 0.617. The van der Waals surface area contributed by atoms with Gasteiger partial charge in [0, 0.05) is 18.4 Å². The molecule has 0 rings (SSSR count). The van der Waals surface area contributed by atoms with Gasteiger partial charge in [0.25, 0.3) is 0 Å². The van der Waals surface area contributed by atoms with Crippen molar-refractivity contribution in [2.45, 2.75) is 13.8 Å². The van der Waals surface area contributed by atoms with E-state index in [1.165, 1.54) is 0 Å². The molecule has 0 unspecified atom stereocenters. The molecule has 0 radical (unpaired) electrons. The van der Waals surface area contributed by atoms with Crippen molar-refractivity contribution in [2.75, 3.05) is 39.6 Å². The monoisotopic (exact) mass is 210 g/mol. The summed E-state index contributed by atoms with van der Waals surface area (Å²) in [5.74, 6) is 0.588. The van der Waals surface area contributed by atoms with Crippen LogP contribution < -0.4 is 0 Å². The van der Waals surface area contributed by atoms with E-state index in [0.29, 0.717) is 32.5 Å². The first kappa shape index (κ1) is 13.2. The molecular weight excluding hydrogens is 192 g/mol. The molecule has 0 aliphatic rings. The van der Waals surface area contributed by atoms with Crippen molar-refractivity contribution in [3.05, 3.63) is 0 Å². The molecule has 4 heteroatoms. The molecule has 0 aromatic rings. The molecule has 0 aliphatic carbocycles. The number of hydrogen-bond acceptors (Lipinski definition) is 3. The van der Waals surface area contributed by atoms with E-state index in [0.717, 1.165) is 0 Å². The molecule has 3 nitrogen and oxygen atoms in total. The summed E-state index contributed by atoms with van der Waals surface area (Å²) in [6, 6.07) is 0. The summed E-state index contributed by atoms with van der Waals surface area (Å²) in [6.45, 7) is 6.19. The van der Waals surface area contributed by atoms with Crippen LogP contribution in [0.3, 0.4) is 0 Å². The Hall–Kier alpha value is 0.170. The molecule has 0 spiro atoms. The lowest BCUT2D eigenvalue weighted by molar-refractivity contribution is -0.0826. The minimum absolute atomic E-state index is 0.0200. The first-order chi connectivity index (χ1) is 6.12. The summed E-state index contributed by atoms with van der Waals surface area (Å²) in [7, 11) is 1.64. The van der Waals surface area contributed by atoms with Gasteiger partial charge in [0.1, 0.15) is 6.79 Å².